The van der Waals surface area contributed by atoms with E-state index in [1.54, 1.807) is 36.1 Å². The second kappa shape index (κ2) is 8.37. The maximum atomic E-state index is 9.50. The molecule has 3 aromatic heterocycles. The highest BCUT2D eigenvalue weighted by Crippen LogP contribution is 2.31. The lowest BCUT2D eigenvalue weighted by molar-refractivity contribution is 0.228. The summed E-state index contributed by atoms with van der Waals surface area (Å²) in [5, 5.41) is 20.8. The van der Waals surface area contributed by atoms with Crippen LogP contribution in [0.5, 0.6) is 0 Å². The van der Waals surface area contributed by atoms with Crippen molar-refractivity contribution in [1.29, 1.82) is 0 Å². The number of pyridine rings is 2. The van der Waals surface area contributed by atoms with Crippen molar-refractivity contribution in [3.05, 3.63) is 53.8 Å². The zero-order valence-corrected chi connectivity index (χ0v) is 17.2. The second-order valence-electron chi connectivity index (χ2n) is 7.58. The van der Waals surface area contributed by atoms with E-state index in [4.69, 9.17) is 4.98 Å². The van der Waals surface area contributed by atoms with Gasteiger partial charge in [0.15, 0.2) is 0 Å². The number of aliphatic hydroxyl groups is 1. The van der Waals surface area contributed by atoms with E-state index >= 15 is 0 Å². The number of nitrogens with one attached hydrogen (secondary N) is 3. The zero-order chi connectivity index (χ0) is 20.3. The Morgan fingerprint density at radius 3 is 2.90 bits per heavy atom. The van der Waals surface area contributed by atoms with Crippen molar-refractivity contribution in [3.8, 4) is 0 Å². The summed E-state index contributed by atoms with van der Waals surface area (Å²) in [7, 11) is 0. The molecule has 2 unspecified atom stereocenters. The molecule has 30 heavy (non-hydrogen) atoms. The van der Waals surface area contributed by atoms with Gasteiger partial charge in [0.1, 0.15) is 16.3 Å². The van der Waals surface area contributed by atoms with Gasteiger partial charge in [0.2, 0.25) is 5.96 Å². The number of guanidine groups is 1. The monoisotopic (exact) mass is 421 g/mol. The predicted molar refractivity (Wildman–Crippen MR) is 119 cm³/mol. The molecule has 2 aliphatic rings. The summed E-state index contributed by atoms with van der Waals surface area (Å²) in [5.41, 5.74) is 2.81. The minimum Gasteiger partial charge on any atom is -0.396 e. The molecule has 3 aromatic rings. The standard InChI is InChI=1S/C21H23N7OS/c29-12-13-3-4-14(8-13)25-19-16(20-27-17-11-23-7-5-18(17)30-20)10-24-21(28-19)26-15-2-1-6-22-9-15/h1-2,5-7,9,11,13-14,25,29H,3-4,8,10,12H2,(H2,24,26,28). The molecule has 0 amide bonds. The molecule has 2 atom stereocenters. The van der Waals surface area contributed by atoms with E-state index in [0.29, 0.717) is 24.5 Å². The number of aliphatic imine (C=N–C) groups is 1. The highest BCUT2D eigenvalue weighted by atomic mass is 32.1. The van der Waals surface area contributed by atoms with Crippen molar-refractivity contribution in [3.63, 3.8) is 0 Å². The molecule has 0 bridgehead atoms. The highest BCUT2D eigenvalue weighted by molar-refractivity contribution is 7.19. The Morgan fingerprint density at radius 1 is 1.17 bits per heavy atom. The van der Waals surface area contributed by atoms with E-state index in [-0.39, 0.29) is 6.61 Å². The molecule has 0 spiro atoms. The van der Waals surface area contributed by atoms with Gasteiger partial charge in [0, 0.05) is 30.6 Å². The lowest BCUT2D eigenvalue weighted by Crippen LogP contribution is -2.42. The third-order valence-electron chi connectivity index (χ3n) is 5.46. The largest absolute Gasteiger partial charge is 0.396 e. The predicted octanol–water partition coefficient (Wildman–Crippen LogP) is 2.58. The van der Waals surface area contributed by atoms with Crippen molar-refractivity contribution < 1.29 is 5.11 Å². The summed E-state index contributed by atoms with van der Waals surface area (Å²) >= 11 is 1.65. The van der Waals surface area contributed by atoms with Gasteiger partial charge in [-0.15, -0.1) is 11.3 Å². The Hall–Kier alpha value is -3.04. The van der Waals surface area contributed by atoms with Crippen molar-refractivity contribution >= 4 is 38.8 Å². The number of aliphatic hydroxyl groups excluding tert-OH is 1. The van der Waals surface area contributed by atoms with Gasteiger partial charge in [0.05, 0.1) is 29.3 Å². The molecule has 1 saturated carbocycles. The Labute approximate surface area is 178 Å². The first kappa shape index (κ1) is 19.0. The van der Waals surface area contributed by atoms with Crippen LogP contribution < -0.4 is 16.0 Å². The average Bonchev–Trinajstić information content (AvgIpc) is 3.41. The fourth-order valence-electron chi connectivity index (χ4n) is 3.90. The maximum Gasteiger partial charge on any atom is 0.201 e. The van der Waals surface area contributed by atoms with Gasteiger partial charge in [-0.05, 0) is 43.4 Å². The van der Waals surface area contributed by atoms with E-state index < -0.39 is 0 Å². The van der Waals surface area contributed by atoms with Gasteiger partial charge in [-0.3, -0.25) is 9.97 Å². The van der Waals surface area contributed by atoms with E-state index in [9.17, 15) is 5.11 Å². The quantitative estimate of drug-likeness (QED) is 0.502. The van der Waals surface area contributed by atoms with Crippen LogP contribution in [0, 0.1) is 5.92 Å². The van der Waals surface area contributed by atoms with Crippen molar-refractivity contribution in [1.82, 2.24) is 25.6 Å². The number of hydrogen-bond acceptors (Lipinski definition) is 9. The second-order valence-corrected chi connectivity index (χ2v) is 8.61. The molecular formula is C21H23N7OS. The summed E-state index contributed by atoms with van der Waals surface area (Å²) in [5.74, 6) is 1.96. The van der Waals surface area contributed by atoms with E-state index in [1.807, 2.05) is 18.2 Å². The fourth-order valence-corrected chi connectivity index (χ4v) is 4.87. The van der Waals surface area contributed by atoms with E-state index in [2.05, 4.69) is 30.9 Å². The number of thiazole rings is 1. The normalized spacial score (nSPS) is 21.4. The van der Waals surface area contributed by atoms with Crippen molar-refractivity contribution in [2.45, 2.75) is 25.3 Å². The van der Waals surface area contributed by atoms with Crippen LogP contribution in [0.15, 0.2) is 53.8 Å². The molecule has 154 valence electrons. The summed E-state index contributed by atoms with van der Waals surface area (Å²) in [6, 6.07) is 6.14. The van der Waals surface area contributed by atoms with Gasteiger partial charge in [0.25, 0.3) is 0 Å². The van der Waals surface area contributed by atoms with Crippen LogP contribution in [-0.2, 0) is 0 Å². The number of hydrogen-bond donors (Lipinski definition) is 4. The van der Waals surface area contributed by atoms with Crippen LogP contribution in [0.4, 0.5) is 5.69 Å². The van der Waals surface area contributed by atoms with Gasteiger partial charge in [-0.1, -0.05) is 0 Å². The summed E-state index contributed by atoms with van der Waals surface area (Å²) in [6.45, 7) is 0.763. The molecule has 4 heterocycles. The van der Waals surface area contributed by atoms with Crippen LogP contribution in [-0.4, -0.2) is 45.2 Å². The first-order valence-corrected chi connectivity index (χ1v) is 10.9. The fraction of sp³-hybridized carbons (Fsp3) is 0.333. The van der Waals surface area contributed by atoms with Crippen LogP contribution in [0.2, 0.25) is 0 Å². The maximum absolute atomic E-state index is 9.50. The smallest absolute Gasteiger partial charge is 0.201 e. The van der Waals surface area contributed by atoms with Crippen LogP contribution >= 0.6 is 11.3 Å². The molecule has 1 fully saturated rings. The average molecular weight is 422 g/mol. The Bertz CT molecular complexity index is 1060. The topological polar surface area (TPSA) is 107 Å². The first-order valence-electron chi connectivity index (χ1n) is 10.1. The van der Waals surface area contributed by atoms with Crippen molar-refractivity contribution in [2.75, 3.05) is 18.5 Å². The Morgan fingerprint density at radius 2 is 2.10 bits per heavy atom. The molecule has 0 saturated heterocycles. The molecule has 1 aliphatic heterocycles. The molecule has 0 radical (unpaired) electrons. The number of aromatic nitrogens is 3. The van der Waals surface area contributed by atoms with Gasteiger partial charge in [-0.25, -0.2) is 9.98 Å². The summed E-state index contributed by atoms with van der Waals surface area (Å²) in [4.78, 5) is 17.8. The third kappa shape index (κ3) is 3.99. The van der Waals surface area contributed by atoms with E-state index in [0.717, 1.165) is 51.6 Å². The molecule has 0 aromatic carbocycles. The zero-order valence-electron chi connectivity index (χ0n) is 16.4. The molecular weight excluding hydrogens is 398 g/mol. The minimum atomic E-state index is 0.248. The van der Waals surface area contributed by atoms with Crippen LogP contribution in [0.3, 0.4) is 0 Å². The molecule has 1 aliphatic carbocycles. The minimum absolute atomic E-state index is 0.248. The Balaban J connectivity index is 1.42. The lowest BCUT2D eigenvalue weighted by atomic mass is 10.1. The van der Waals surface area contributed by atoms with Crippen LogP contribution in [0.1, 0.15) is 24.3 Å². The van der Waals surface area contributed by atoms with Crippen LogP contribution in [0.25, 0.3) is 15.8 Å². The molecule has 5 rings (SSSR count). The lowest BCUT2D eigenvalue weighted by Gasteiger charge is -2.25. The number of fused-ring (bicyclic) bond motifs is 1. The third-order valence-corrected chi connectivity index (χ3v) is 6.56. The Kier molecular flexibility index (Phi) is 5.29. The number of rotatable bonds is 5. The SMILES string of the molecule is OCC1CCC(NC2=C(c3nc4cnccc4s3)CN=C(Nc3cccnc3)N2)C1. The van der Waals surface area contributed by atoms with Gasteiger partial charge < -0.3 is 21.1 Å². The summed E-state index contributed by atoms with van der Waals surface area (Å²) < 4.78 is 1.11. The summed E-state index contributed by atoms with van der Waals surface area (Å²) in [6.07, 6.45) is 10.1. The van der Waals surface area contributed by atoms with E-state index in [1.165, 1.54) is 0 Å². The number of anilines is 1. The van der Waals surface area contributed by atoms with Gasteiger partial charge >= 0.3 is 0 Å². The molecule has 8 nitrogen and oxygen atoms in total. The van der Waals surface area contributed by atoms with Crippen molar-refractivity contribution in [2.24, 2.45) is 10.9 Å². The first-order chi connectivity index (χ1) is 14.8. The van der Waals surface area contributed by atoms with Gasteiger partial charge in [-0.2, -0.15) is 0 Å². The number of nitrogens with zero attached hydrogens (tertiary/aromatic N) is 4. The molecule has 9 heteroatoms. The highest BCUT2D eigenvalue weighted by Gasteiger charge is 2.27. The molecule has 4 N–H and O–H groups in total.